The summed E-state index contributed by atoms with van der Waals surface area (Å²) >= 11 is 0. The molecule has 3 aliphatic carbocycles. The van der Waals surface area contributed by atoms with Crippen molar-refractivity contribution in [3.05, 3.63) is 35.7 Å². The van der Waals surface area contributed by atoms with Gasteiger partial charge in [-0.15, -0.1) is 0 Å². The van der Waals surface area contributed by atoms with E-state index in [-0.39, 0.29) is 30.1 Å². The molecule has 0 aliphatic heterocycles. The predicted octanol–water partition coefficient (Wildman–Crippen LogP) is 0.248. The molecule has 6 N–H and O–H groups in total. The van der Waals surface area contributed by atoms with E-state index in [1.807, 2.05) is 0 Å². The number of nitrogen functional groups attached to an aromatic ring is 1. The molecule has 0 spiro atoms. The maximum Gasteiger partial charge on any atom is 0.235 e. The molecule has 6 atom stereocenters. The summed E-state index contributed by atoms with van der Waals surface area (Å²) in [5.74, 6) is -11.9. The number of nitrogens with zero attached hydrogens (tertiary/aromatic N) is 2. The van der Waals surface area contributed by atoms with Crippen molar-refractivity contribution in [3.63, 3.8) is 0 Å². The third-order valence-electron chi connectivity index (χ3n) is 8.18. The molecule has 192 valence electrons. The Bertz CT molecular complexity index is 1390. The lowest BCUT2D eigenvalue weighted by molar-refractivity contribution is -0.182. The molecule has 11 nitrogen and oxygen atoms in total. The van der Waals surface area contributed by atoms with Crippen LogP contribution in [0.2, 0.25) is 0 Å². The Morgan fingerprint density at radius 1 is 1.11 bits per heavy atom. The van der Waals surface area contributed by atoms with Gasteiger partial charge in [0.25, 0.3) is 0 Å². The number of hydrogen-bond acceptors (Lipinski definition) is 10. The van der Waals surface area contributed by atoms with E-state index < -0.39 is 70.1 Å². The van der Waals surface area contributed by atoms with Crippen molar-refractivity contribution in [2.45, 2.75) is 32.3 Å². The summed E-state index contributed by atoms with van der Waals surface area (Å²) in [6.45, 7) is 3.40. The van der Waals surface area contributed by atoms with E-state index >= 15 is 0 Å². The molecular weight excluding hydrogens is 480 g/mol. The smallest absolute Gasteiger partial charge is 0.235 e. The average Bonchev–Trinajstić information content (AvgIpc) is 2.82. The molecule has 5 rings (SSSR count). The molecule has 0 radical (unpaired) electrons. The Morgan fingerprint density at radius 2 is 1.76 bits per heavy atom. The highest BCUT2D eigenvalue weighted by molar-refractivity contribution is 6.32. The SMILES string of the molecule is CC(C)[C@@H]1C(=O)C(C(N)=O)C(=O)[C@@]2(O)C(=O)C3C(=O)c4c(O)ccc(-c5cnc(N)nc5)c4C[C@H]3C[C@@H]12. The summed E-state index contributed by atoms with van der Waals surface area (Å²) in [4.78, 5) is 74.1. The molecule has 2 unspecified atom stereocenters. The number of carbonyl (C=O) groups is 5. The number of phenols is 1. The largest absolute Gasteiger partial charge is 0.507 e. The standard InChI is InChI=1S/C26H26N4O7/c1-9(2)16-14-6-10-5-13-12(11-7-29-25(28)30-8-11)3-4-15(31)18(13)21(33)17(10)22(34)26(14,37)23(35)19(20(16)32)24(27)36/h3-4,7-10,14,16-17,19,31,37H,5-6H2,1-2H3,(H2,27,36)(H2,28,29,30)/t10-,14-,16-,17?,19?,26-/m0/s1. The first-order chi connectivity index (χ1) is 17.4. The molecule has 1 aromatic carbocycles. The molecule has 1 heterocycles. The third-order valence-corrected chi connectivity index (χ3v) is 8.18. The van der Waals surface area contributed by atoms with Gasteiger partial charge < -0.3 is 21.7 Å². The minimum atomic E-state index is -2.71. The molecule has 1 aromatic heterocycles. The number of ketones is 4. The van der Waals surface area contributed by atoms with Crippen LogP contribution in [0.15, 0.2) is 24.5 Å². The van der Waals surface area contributed by atoms with Gasteiger partial charge in [0, 0.05) is 29.8 Å². The number of nitrogens with two attached hydrogens (primary N) is 2. The van der Waals surface area contributed by atoms with Gasteiger partial charge in [-0.3, -0.25) is 24.0 Å². The predicted molar refractivity (Wildman–Crippen MR) is 128 cm³/mol. The summed E-state index contributed by atoms with van der Waals surface area (Å²) in [7, 11) is 0. The van der Waals surface area contributed by atoms with Gasteiger partial charge in [0.2, 0.25) is 11.9 Å². The maximum absolute atomic E-state index is 13.8. The van der Waals surface area contributed by atoms with Crippen LogP contribution in [0.5, 0.6) is 5.75 Å². The first-order valence-electron chi connectivity index (χ1n) is 12.0. The van der Waals surface area contributed by atoms with Crippen LogP contribution in [-0.2, 0) is 25.6 Å². The van der Waals surface area contributed by atoms with Crippen LogP contribution in [0.25, 0.3) is 11.1 Å². The number of rotatable bonds is 3. The molecular formula is C26H26N4O7. The number of hydrogen-bond donors (Lipinski definition) is 4. The lowest BCUT2D eigenvalue weighted by Crippen LogP contribution is -2.71. The van der Waals surface area contributed by atoms with Gasteiger partial charge in [0.05, 0.1) is 11.5 Å². The quantitative estimate of drug-likeness (QED) is 0.418. The van der Waals surface area contributed by atoms with Gasteiger partial charge in [-0.2, -0.15) is 0 Å². The maximum atomic E-state index is 13.8. The highest BCUT2D eigenvalue weighted by Crippen LogP contribution is 2.53. The second kappa shape index (κ2) is 8.27. The van der Waals surface area contributed by atoms with Gasteiger partial charge in [-0.25, -0.2) is 9.97 Å². The van der Waals surface area contributed by atoms with E-state index in [0.29, 0.717) is 16.7 Å². The van der Waals surface area contributed by atoms with E-state index in [9.17, 15) is 34.2 Å². The number of benzene rings is 1. The fraction of sp³-hybridized carbons (Fsp3) is 0.423. The van der Waals surface area contributed by atoms with E-state index in [2.05, 4.69) is 9.97 Å². The summed E-state index contributed by atoms with van der Waals surface area (Å²) in [5.41, 5.74) is 9.72. The number of phenolic OH excluding ortho intramolecular Hbond substituents is 1. The number of amides is 1. The first-order valence-corrected chi connectivity index (χ1v) is 12.0. The number of anilines is 1. The Labute approximate surface area is 211 Å². The lowest BCUT2D eigenvalue weighted by atomic mass is 9.49. The molecule has 0 bridgehead atoms. The van der Waals surface area contributed by atoms with E-state index in [0.717, 1.165) is 0 Å². The second-order valence-corrected chi connectivity index (χ2v) is 10.5. The van der Waals surface area contributed by atoms with E-state index in [1.165, 1.54) is 18.5 Å². The zero-order valence-corrected chi connectivity index (χ0v) is 20.2. The average molecular weight is 507 g/mol. The molecule has 11 heteroatoms. The topological polar surface area (TPSA) is 204 Å². The van der Waals surface area contributed by atoms with Gasteiger partial charge in [-0.05, 0) is 41.9 Å². The van der Waals surface area contributed by atoms with Crippen molar-refractivity contribution in [1.82, 2.24) is 9.97 Å². The fourth-order valence-electron chi connectivity index (χ4n) is 6.60. The summed E-state index contributed by atoms with van der Waals surface area (Å²) in [6, 6.07) is 2.93. The van der Waals surface area contributed by atoms with Crippen molar-refractivity contribution < 1.29 is 34.2 Å². The lowest BCUT2D eigenvalue weighted by Gasteiger charge is -2.52. The Balaban J connectivity index is 1.66. The van der Waals surface area contributed by atoms with Crippen LogP contribution >= 0.6 is 0 Å². The van der Waals surface area contributed by atoms with E-state index in [1.54, 1.807) is 19.9 Å². The van der Waals surface area contributed by atoms with Crippen LogP contribution in [0.4, 0.5) is 5.95 Å². The molecule has 0 saturated heterocycles. The molecule has 1 amide bonds. The number of fused-ring (bicyclic) bond motifs is 3. The van der Waals surface area contributed by atoms with Gasteiger partial charge in [0.15, 0.2) is 34.7 Å². The number of aliphatic hydroxyl groups is 1. The van der Waals surface area contributed by atoms with Gasteiger partial charge in [-0.1, -0.05) is 19.9 Å². The van der Waals surface area contributed by atoms with Crippen LogP contribution < -0.4 is 11.5 Å². The molecule has 2 aromatic rings. The number of primary amides is 1. The van der Waals surface area contributed by atoms with Crippen LogP contribution in [0, 0.1) is 35.5 Å². The van der Waals surface area contributed by atoms with Crippen LogP contribution in [0.3, 0.4) is 0 Å². The minimum absolute atomic E-state index is 0.0111. The summed E-state index contributed by atoms with van der Waals surface area (Å²) < 4.78 is 0. The third kappa shape index (κ3) is 3.33. The Kier molecular flexibility index (Phi) is 5.52. The van der Waals surface area contributed by atoms with Crippen LogP contribution in [-0.4, -0.2) is 54.8 Å². The molecule has 3 aliphatic rings. The number of carbonyl (C=O) groups excluding carboxylic acids is 5. The number of Topliss-reactive ketones (excluding diaryl/α,β-unsaturated/α-hetero) is 4. The van der Waals surface area contributed by atoms with Gasteiger partial charge in [0.1, 0.15) is 5.75 Å². The van der Waals surface area contributed by atoms with Gasteiger partial charge >= 0.3 is 0 Å². The first kappa shape index (κ1) is 24.7. The Hall–Kier alpha value is -3.99. The normalized spacial score (nSPS) is 31.1. The summed E-state index contributed by atoms with van der Waals surface area (Å²) in [5, 5.41) is 22.2. The van der Waals surface area contributed by atoms with Crippen molar-refractivity contribution in [2.75, 3.05) is 5.73 Å². The number of aromatic hydroxyl groups is 1. The molecule has 2 saturated carbocycles. The monoisotopic (exact) mass is 506 g/mol. The highest BCUT2D eigenvalue weighted by atomic mass is 16.3. The summed E-state index contributed by atoms with van der Waals surface area (Å²) in [6.07, 6.45) is 3.13. The molecule has 37 heavy (non-hydrogen) atoms. The van der Waals surface area contributed by atoms with E-state index in [4.69, 9.17) is 11.5 Å². The number of aromatic nitrogens is 2. The fourth-order valence-corrected chi connectivity index (χ4v) is 6.60. The van der Waals surface area contributed by atoms with Crippen molar-refractivity contribution in [2.24, 2.45) is 41.2 Å². The van der Waals surface area contributed by atoms with Crippen molar-refractivity contribution in [3.8, 4) is 16.9 Å². The molecule has 2 fully saturated rings. The van der Waals surface area contributed by atoms with Crippen LogP contribution in [0.1, 0.15) is 36.2 Å². The second-order valence-electron chi connectivity index (χ2n) is 10.5. The zero-order chi connectivity index (χ0) is 27.0. The Morgan fingerprint density at radius 3 is 2.35 bits per heavy atom. The zero-order valence-electron chi connectivity index (χ0n) is 20.2. The minimum Gasteiger partial charge on any atom is -0.507 e. The van der Waals surface area contributed by atoms with Crippen molar-refractivity contribution in [1.29, 1.82) is 0 Å². The highest BCUT2D eigenvalue weighted by Gasteiger charge is 2.69. The van der Waals surface area contributed by atoms with Crippen molar-refractivity contribution >= 4 is 35.0 Å².